The Labute approximate surface area is 307 Å². The number of anilines is 4. The molecular weight excluding hydrogens is 789 g/mol. The summed E-state index contributed by atoms with van der Waals surface area (Å²) in [4.78, 5) is 11.2. The molecule has 2 amide bonds. The number of rotatable bonds is 10. The van der Waals surface area contributed by atoms with Gasteiger partial charge in [-0.2, -0.15) is 16.8 Å². The van der Waals surface area contributed by atoms with Crippen LogP contribution in [0.4, 0.5) is 27.5 Å². The van der Waals surface area contributed by atoms with Gasteiger partial charge in [0.15, 0.2) is 0 Å². The molecular formula is C33H26N4O13S4. The minimum Gasteiger partial charge on any atom is -0.508 e. The van der Waals surface area contributed by atoms with Crippen LogP contribution in [0.2, 0.25) is 0 Å². The Balaban J connectivity index is 1.20. The largest absolute Gasteiger partial charge is 0.508 e. The van der Waals surface area contributed by atoms with Crippen LogP contribution in [0.15, 0.2) is 129 Å². The second-order valence-electron chi connectivity index (χ2n) is 11.5. The topological polar surface area (TPSA) is 283 Å². The number of nitrogens with one attached hydrogen (secondary N) is 4. The van der Waals surface area contributed by atoms with Gasteiger partial charge in [-0.3, -0.25) is 18.5 Å². The molecule has 0 unspecified atom stereocenters. The van der Waals surface area contributed by atoms with Gasteiger partial charge in [0.05, 0.1) is 21.2 Å². The molecule has 21 heteroatoms. The summed E-state index contributed by atoms with van der Waals surface area (Å²) in [6.07, 6.45) is 0. The number of carbonyl (C=O) groups is 1. The average Bonchev–Trinajstić information content (AvgIpc) is 3.07. The maximum absolute atomic E-state index is 13.4. The highest BCUT2D eigenvalue weighted by molar-refractivity contribution is 7.93. The van der Waals surface area contributed by atoms with E-state index < -0.39 is 56.1 Å². The van der Waals surface area contributed by atoms with Crippen LogP contribution in [0, 0.1) is 0 Å². The molecule has 0 aromatic heterocycles. The standard InChI is InChI=1S/C33H26N4O13S4/c38-21-7-9-25-27(17-21)29(11-13-31(25)53(45,46)47)36-51(41,42)23-5-1-3-19(15-23)34-33(40)35-20-4-2-6-24(16-20)52(43,44)37-30-12-14-32(54(48,49)50)26-10-8-22(39)18-28(26)30/h1-18,36-39H,(H2,34,35,40)(H,45,46,47)(H,48,49,50). The van der Waals surface area contributed by atoms with Crippen molar-refractivity contribution in [2.75, 3.05) is 20.1 Å². The number of hydrogen-bond donors (Lipinski definition) is 8. The zero-order valence-electron chi connectivity index (χ0n) is 27.0. The van der Waals surface area contributed by atoms with Crippen LogP contribution in [-0.4, -0.2) is 59.0 Å². The molecule has 6 aromatic rings. The van der Waals surface area contributed by atoms with Gasteiger partial charge in [0.2, 0.25) is 0 Å². The average molecular weight is 815 g/mol. The Kier molecular flexibility index (Phi) is 9.64. The minimum atomic E-state index is -4.70. The molecule has 0 radical (unpaired) electrons. The van der Waals surface area contributed by atoms with E-state index in [0.717, 1.165) is 60.7 Å². The molecule has 6 aromatic carbocycles. The van der Waals surface area contributed by atoms with E-state index in [1.54, 1.807) is 0 Å². The van der Waals surface area contributed by atoms with E-state index in [-0.39, 0.29) is 65.6 Å². The predicted octanol–water partition coefficient (Wildman–Crippen LogP) is 5.14. The number of phenols is 2. The van der Waals surface area contributed by atoms with E-state index in [2.05, 4.69) is 20.1 Å². The third-order valence-electron chi connectivity index (χ3n) is 7.77. The fraction of sp³-hybridized carbons (Fsp3) is 0. The normalized spacial score (nSPS) is 12.3. The Morgan fingerprint density at radius 2 is 0.852 bits per heavy atom. The molecule has 54 heavy (non-hydrogen) atoms. The number of carbonyl (C=O) groups excluding carboxylic acids is 1. The Bertz CT molecular complexity index is 2770. The summed E-state index contributed by atoms with van der Waals surface area (Å²) in [6.45, 7) is 0. The lowest BCUT2D eigenvalue weighted by atomic mass is 10.1. The van der Waals surface area contributed by atoms with Crippen molar-refractivity contribution in [3.63, 3.8) is 0 Å². The fourth-order valence-electron chi connectivity index (χ4n) is 5.43. The Morgan fingerprint density at radius 3 is 1.22 bits per heavy atom. The molecule has 17 nitrogen and oxygen atoms in total. The number of amides is 2. The molecule has 280 valence electrons. The van der Waals surface area contributed by atoms with Gasteiger partial charge in [0.1, 0.15) is 21.3 Å². The van der Waals surface area contributed by atoms with Gasteiger partial charge in [-0.15, -0.1) is 0 Å². The summed E-state index contributed by atoms with van der Waals surface area (Å²) in [5.74, 6) is -0.621. The molecule has 0 aliphatic heterocycles. The van der Waals surface area contributed by atoms with E-state index >= 15 is 0 Å². The molecule has 0 bridgehead atoms. The Morgan fingerprint density at radius 1 is 0.463 bits per heavy atom. The summed E-state index contributed by atoms with van der Waals surface area (Å²) < 4.78 is 125. The van der Waals surface area contributed by atoms with Gasteiger partial charge in [-0.1, -0.05) is 12.1 Å². The first-order valence-corrected chi connectivity index (χ1v) is 20.9. The molecule has 0 aliphatic carbocycles. The SMILES string of the molecule is O=C(Nc1cccc(S(=O)(=O)Nc2ccc(S(=O)(=O)O)c3ccc(O)cc23)c1)Nc1cccc(S(=O)(=O)Nc2ccc(S(=O)(=O)O)c3ccc(O)cc23)c1. The van der Waals surface area contributed by atoms with Crippen LogP contribution < -0.4 is 20.1 Å². The molecule has 0 aliphatic rings. The van der Waals surface area contributed by atoms with Gasteiger partial charge < -0.3 is 20.8 Å². The van der Waals surface area contributed by atoms with Gasteiger partial charge >= 0.3 is 6.03 Å². The number of sulfonamides is 2. The van der Waals surface area contributed by atoms with Gasteiger partial charge in [-0.25, -0.2) is 21.6 Å². The maximum Gasteiger partial charge on any atom is 0.323 e. The van der Waals surface area contributed by atoms with Crippen LogP contribution in [0.1, 0.15) is 0 Å². The molecule has 0 saturated carbocycles. The summed E-state index contributed by atoms with van der Waals surface area (Å²) in [5.41, 5.74) is -0.271. The summed E-state index contributed by atoms with van der Waals surface area (Å²) in [5, 5.41) is 24.6. The second-order valence-corrected chi connectivity index (χ2v) is 17.6. The van der Waals surface area contributed by atoms with E-state index in [9.17, 15) is 57.8 Å². The van der Waals surface area contributed by atoms with E-state index in [0.29, 0.717) is 0 Å². The highest BCUT2D eigenvalue weighted by atomic mass is 32.2. The number of benzene rings is 6. The Hall–Kier alpha value is -5.97. The molecule has 0 heterocycles. The van der Waals surface area contributed by atoms with E-state index in [4.69, 9.17) is 0 Å². The van der Waals surface area contributed by atoms with Gasteiger partial charge in [0.25, 0.3) is 40.3 Å². The first kappa shape index (κ1) is 37.8. The highest BCUT2D eigenvalue weighted by Crippen LogP contribution is 2.35. The first-order valence-electron chi connectivity index (χ1n) is 15.0. The molecule has 0 saturated heterocycles. The number of fused-ring (bicyclic) bond motifs is 2. The van der Waals surface area contributed by atoms with E-state index in [1.165, 1.54) is 48.5 Å². The fourth-order valence-corrected chi connectivity index (χ4v) is 9.07. The lowest BCUT2D eigenvalue weighted by Crippen LogP contribution is -2.20. The van der Waals surface area contributed by atoms with Crippen molar-refractivity contribution < 1.29 is 57.8 Å². The monoisotopic (exact) mass is 814 g/mol. The summed E-state index contributed by atoms with van der Waals surface area (Å²) in [6, 6.07) is 20.2. The maximum atomic E-state index is 13.4. The highest BCUT2D eigenvalue weighted by Gasteiger charge is 2.23. The number of phenolic OH excluding ortho intramolecular Hbond substituents is 2. The molecule has 0 spiro atoms. The van der Waals surface area contributed by atoms with Gasteiger partial charge in [0, 0.05) is 32.9 Å². The smallest absolute Gasteiger partial charge is 0.323 e. The van der Waals surface area contributed by atoms with Crippen LogP contribution in [0.5, 0.6) is 11.5 Å². The quantitative estimate of drug-likeness (QED) is 0.0833. The van der Waals surface area contributed by atoms with Crippen LogP contribution in [-0.2, 0) is 40.3 Å². The second kappa shape index (κ2) is 13.8. The third-order valence-corrected chi connectivity index (χ3v) is 12.3. The van der Waals surface area contributed by atoms with Crippen molar-refractivity contribution in [3.8, 4) is 11.5 Å². The van der Waals surface area contributed by atoms with Crippen LogP contribution >= 0.6 is 0 Å². The number of urea groups is 1. The van der Waals surface area contributed by atoms with Crippen molar-refractivity contribution in [2.24, 2.45) is 0 Å². The lowest BCUT2D eigenvalue weighted by Gasteiger charge is -2.14. The molecule has 6 rings (SSSR count). The first-order chi connectivity index (χ1) is 25.2. The third kappa shape index (κ3) is 8.00. The van der Waals surface area contributed by atoms with Crippen molar-refractivity contribution in [3.05, 3.63) is 109 Å². The van der Waals surface area contributed by atoms with Crippen molar-refractivity contribution in [1.82, 2.24) is 0 Å². The van der Waals surface area contributed by atoms with Crippen LogP contribution in [0.25, 0.3) is 21.5 Å². The van der Waals surface area contributed by atoms with Gasteiger partial charge in [-0.05, 0) is 97.1 Å². The zero-order valence-corrected chi connectivity index (χ0v) is 30.3. The van der Waals surface area contributed by atoms with E-state index in [1.807, 2.05) is 0 Å². The minimum absolute atomic E-state index is 0.00601. The summed E-state index contributed by atoms with van der Waals surface area (Å²) >= 11 is 0. The summed E-state index contributed by atoms with van der Waals surface area (Å²) in [7, 11) is -18.2. The molecule has 0 fully saturated rings. The molecule has 8 N–H and O–H groups in total. The number of hydrogen-bond acceptors (Lipinski definition) is 11. The number of aromatic hydroxyl groups is 2. The van der Waals surface area contributed by atoms with Crippen molar-refractivity contribution in [2.45, 2.75) is 19.6 Å². The van der Waals surface area contributed by atoms with Crippen molar-refractivity contribution in [1.29, 1.82) is 0 Å². The van der Waals surface area contributed by atoms with Crippen molar-refractivity contribution >= 4 is 90.6 Å². The van der Waals surface area contributed by atoms with Crippen LogP contribution in [0.3, 0.4) is 0 Å². The zero-order chi connectivity index (χ0) is 39.2. The predicted molar refractivity (Wildman–Crippen MR) is 198 cm³/mol. The molecule has 0 atom stereocenters. The lowest BCUT2D eigenvalue weighted by molar-refractivity contribution is 0.262.